The van der Waals surface area contributed by atoms with E-state index in [-0.39, 0.29) is 18.0 Å². The number of nitrogens with zero attached hydrogens (tertiary/aromatic N) is 2. The van der Waals surface area contributed by atoms with Crippen molar-refractivity contribution in [2.24, 2.45) is 0 Å². The minimum absolute atomic E-state index is 0.117. The molecule has 0 aliphatic carbocycles. The molecule has 5 nitrogen and oxygen atoms in total. The summed E-state index contributed by atoms with van der Waals surface area (Å²) in [6.07, 6.45) is 8.30. The Morgan fingerprint density at radius 1 is 1.29 bits per heavy atom. The highest BCUT2D eigenvalue weighted by molar-refractivity contribution is 7.19. The summed E-state index contributed by atoms with van der Waals surface area (Å²) in [4.78, 5) is 31.8. The Morgan fingerprint density at radius 3 is 2.57 bits per heavy atom. The number of aromatic nitrogens is 2. The van der Waals surface area contributed by atoms with Crippen molar-refractivity contribution in [3.05, 3.63) is 51.9 Å². The van der Waals surface area contributed by atoms with Gasteiger partial charge in [-0.15, -0.1) is 17.8 Å². The SMILES string of the molecule is C#CC(CC)(CC)NC(=O)Cn1cnc2sc(C)c(-c3ccccc3)c2c1=O. The van der Waals surface area contributed by atoms with Gasteiger partial charge in [-0.3, -0.25) is 14.2 Å². The van der Waals surface area contributed by atoms with Gasteiger partial charge in [0, 0.05) is 10.4 Å². The topological polar surface area (TPSA) is 64.0 Å². The molecule has 2 heterocycles. The van der Waals surface area contributed by atoms with Gasteiger partial charge in [0.15, 0.2) is 0 Å². The summed E-state index contributed by atoms with van der Waals surface area (Å²) >= 11 is 1.48. The van der Waals surface area contributed by atoms with Gasteiger partial charge < -0.3 is 5.32 Å². The second-order valence-corrected chi connectivity index (χ2v) is 7.94. The van der Waals surface area contributed by atoms with E-state index in [4.69, 9.17) is 6.42 Å². The first kappa shape index (κ1) is 19.8. The van der Waals surface area contributed by atoms with E-state index >= 15 is 0 Å². The second kappa shape index (κ2) is 7.99. The summed E-state index contributed by atoms with van der Waals surface area (Å²) in [5, 5.41) is 3.45. The molecule has 0 unspecified atom stereocenters. The standard InChI is InChI=1S/C22H23N3O2S/c1-5-22(6-2,7-3)24-17(26)13-25-14-23-20-19(21(25)27)18(15(4)28-20)16-11-9-8-10-12-16/h1,8-12,14H,6-7,13H2,2-4H3,(H,24,26). The van der Waals surface area contributed by atoms with Crippen LogP contribution in [0.4, 0.5) is 0 Å². The van der Waals surface area contributed by atoms with Gasteiger partial charge in [0.25, 0.3) is 5.56 Å². The minimum Gasteiger partial charge on any atom is -0.338 e. The van der Waals surface area contributed by atoms with Crippen LogP contribution in [0.5, 0.6) is 0 Å². The molecule has 0 aliphatic rings. The molecule has 0 aliphatic heterocycles. The molecule has 6 heteroatoms. The number of amides is 1. The fourth-order valence-electron chi connectivity index (χ4n) is 3.33. The molecule has 0 bridgehead atoms. The first-order valence-corrected chi connectivity index (χ1v) is 10.1. The van der Waals surface area contributed by atoms with Crippen molar-refractivity contribution in [2.45, 2.75) is 45.7 Å². The van der Waals surface area contributed by atoms with Crippen LogP contribution in [0.25, 0.3) is 21.3 Å². The highest BCUT2D eigenvalue weighted by Crippen LogP contribution is 2.35. The molecular weight excluding hydrogens is 370 g/mol. The molecule has 28 heavy (non-hydrogen) atoms. The first-order chi connectivity index (χ1) is 13.4. The van der Waals surface area contributed by atoms with Gasteiger partial charge in [-0.1, -0.05) is 50.1 Å². The zero-order chi connectivity index (χ0) is 20.3. The van der Waals surface area contributed by atoms with Gasteiger partial charge in [0.1, 0.15) is 16.9 Å². The zero-order valence-corrected chi connectivity index (χ0v) is 17.1. The van der Waals surface area contributed by atoms with Crippen LogP contribution in [0.2, 0.25) is 0 Å². The first-order valence-electron chi connectivity index (χ1n) is 9.27. The maximum Gasteiger partial charge on any atom is 0.263 e. The third-order valence-electron chi connectivity index (χ3n) is 5.09. The second-order valence-electron chi connectivity index (χ2n) is 6.74. The highest BCUT2D eigenvalue weighted by atomic mass is 32.1. The molecule has 0 saturated heterocycles. The molecule has 1 aromatic carbocycles. The van der Waals surface area contributed by atoms with Crippen molar-refractivity contribution in [1.29, 1.82) is 0 Å². The summed E-state index contributed by atoms with van der Waals surface area (Å²) in [6.45, 7) is 5.73. The van der Waals surface area contributed by atoms with Crippen molar-refractivity contribution in [1.82, 2.24) is 14.9 Å². The van der Waals surface area contributed by atoms with Crippen LogP contribution >= 0.6 is 11.3 Å². The Balaban J connectivity index is 2.01. The van der Waals surface area contributed by atoms with Crippen molar-refractivity contribution in [3.63, 3.8) is 0 Å². The molecule has 0 saturated carbocycles. The van der Waals surface area contributed by atoms with Crippen LogP contribution in [-0.2, 0) is 11.3 Å². The van der Waals surface area contributed by atoms with E-state index in [0.717, 1.165) is 16.0 Å². The number of carbonyl (C=O) groups excluding carboxylic acids is 1. The molecule has 0 radical (unpaired) electrons. The number of benzene rings is 1. The van der Waals surface area contributed by atoms with Crippen LogP contribution in [0.3, 0.4) is 0 Å². The van der Waals surface area contributed by atoms with Gasteiger partial charge in [-0.25, -0.2) is 4.98 Å². The largest absolute Gasteiger partial charge is 0.338 e. The lowest BCUT2D eigenvalue weighted by Gasteiger charge is -2.27. The smallest absolute Gasteiger partial charge is 0.263 e. The average Bonchev–Trinajstić information content (AvgIpc) is 3.06. The van der Waals surface area contributed by atoms with E-state index in [0.29, 0.717) is 23.1 Å². The Morgan fingerprint density at radius 2 is 1.96 bits per heavy atom. The van der Waals surface area contributed by atoms with Crippen molar-refractivity contribution in [2.75, 3.05) is 0 Å². The summed E-state index contributed by atoms with van der Waals surface area (Å²) in [5.41, 5.74) is 0.943. The van der Waals surface area contributed by atoms with Crippen molar-refractivity contribution >= 4 is 27.5 Å². The van der Waals surface area contributed by atoms with E-state index < -0.39 is 5.54 Å². The summed E-state index contributed by atoms with van der Waals surface area (Å²) in [6, 6.07) is 9.77. The van der Waals surface area contributed by atoms with Gasteiger partial charge in [-0.2, -0.15) is 0 Å². The van der Waals surface area contributed by atoms with Gasteiger partial charge >= 0.3 is 0 Å². The summed E-state index contributed by atoms with van der Waals surface area (Å²) in [5.74, 6) is 2.38. The molecule has 144 valence electrons. The van der Waals surface area contributed by atoms with Gasteiger partial charge in [0.05, 0.1) is 11.7 Å². The number of hydrogen-bond acceptors (Lipinski definition) is 4. The summed E-state index contributed by atoms with van der Waals surface area (Å²) in [7, 11) is 0. The third kappa shape index (κ3) is 3.58. The Kier molecular flexibility index (Phi) is 5.66. The number of terminal acetylenes is 1. The highest BCUT2D eigenvalue weighted by Gasteiger charge is 2.26. The quantitative estimate of drug-likeness (QED) is 0.649. The molecule has 3 aromatic rings. The van der Waals surface area contributed by atoms with Crippen molar-refractivity contribution < 1.29 is 4.79 Å². The number of nitrogens with one attached hydrogen (secondary N) is 1. The molecule has 1 N–H and O–H groups in total. The number of rotatable bonds is 6. The number of fused-ring (bicyclic) bond motifs is 1. The predicted octanol–water partition coefficient (Wildman–Crippen LogP) is 3.74. The van der Waals surface area contributed by atoms with Gasteiger partial charge in [-0.05, 0) is 25.3 Å². The van der Waals surface area contributed by atoms with Crippen molar-refractivity contribution in [3.8, 4) is 23.5 Å². The number of carbonyl (C=O) groups is 1. The Labute approximate surface area is 168 Å². The number of aryl methyl sites for hydroxylation is 1. The molecule has 0 spiro atoms. The molecule has 1 amide bonds. The van der Waals surface area contributed by atoms with Crippen LogP contribution in [0.15, 0.2) is 41.5 Å². The molecule has 3 rings (SSSR count). The fourth-order valence-corrected chi connectivity index (χ4v) is 4.33. The molecule has 0 atom stereocenters. The Bertz CT molecular complexity index is 1100. The zero-order valence-electron chi connectivity index (χ0n) is 16.3. The molecule has 2 aromatic heterocycles. The lowest BCUT2D eigenvalue weighted by molar-refractivity contribution is -0.123. The van der Waals surface area contributed by atoms with Crippen LogP contribution in [-0.4, -0.2) is 21.0 Å². The molecular formula is C22H23N3O2S. The summed E-state index contributed by atoms with van der Waals surface area (Å²) < 4.78 is 1.35. The van der Waals surface area contributed by atoms with Crippen LogP contribution in [0.1, 0.15) is 31.6 Å². The Hall–Kier alpha value is -2.91. The lowest BCUT2D eigenvalue weighted by atomic mass is 9.94. The van der Waals surface area contributed by atoms with E-state index in [1.54, 1.807) is 0 Å². The monoisotopic (exact) mass is 393 g/mol. The minimum atomic E-state index is -0.688. The van der Waals surface area contributed by atoms with E-state index in [1.165, 1.54) is 22.2 Å². The van der Waals surface area contributed by atoms with E-state index in [9.17, 15) is 9.59 Å². The van der Waals surface area contributed by atoms with E-state index in [1.807, 2.05) is 51.1 Å². The maximum absolute atomic E-state index is 13.2. The number of hydrogen-bond donors (Lipinski definition) is 1. The normalized spacial score (nSPS) is 11.4. The maximum atomic E-state index is 13.2. The number of thiophene rings is 1. The van der Waals surface area contributed by atoms with Crippen LogP contribution < -0.4 is 10.9 Å². The van der Waals surface area contributed by atoms with Crippen LogP contribution in [0, 0.1) is 19.3 Å². The van der Waals surface area contributed by atoms with Gasteiger partial charge in [0.2, 0.25) is 5.91 Å². The third-order valence-corrected chi connectivity index (χ3v) is 6.11. The van der Waals surface area contributed by atoms with E-state index in [2.05, 4.69) is 16.2 Å². The average molecular weight is 394 g/mol. The predicted molar refractivity (Wildman–Crippen MR) is 114 cm³/mol. The lowest BCUT2D eigenvalue weighted by Crippen LogP contribution is -2.48. The molecule has 0 fully saturated rings. The fraction of sp³-hybridized carbons (Fsp3) is 0.318.